The Kier molecular flexibility index (Phi) is 4.39. The van der Waals surface area contributed by atoms with E-state index in [2.05, 4.69) is 13.8 Å². The highest BCUT2D eigenvalue weighted by Gasteiger charge is 2.27. The number of aliphatic hydroxyl groups is 1. The fourth-order valence-corrected chi connectivity index (χ4v) is 1.91. The minimum Gasteiger partial charge on any atom is -0.394 e. The van der Waals surface area contributed by atoms with E-state index < -0.39 is 0 Å². The van der Waals surface area contributed by atoms with Crippen LogP contribution in [0.2, 0.25) is 0 Å². The van der Waals surface area contributed by atoms with Gasteiger partial charge in [-0.1, -0.05) is 13.8 Å². The predicted molar refractivity (Wildman–Crippen MR) is 55.9 cm³/mol. The zero-order valence-corrected chi connectivity index (χ0v) is 9.20. The summed E-state index contributed by atoms with van der Waals surface area (Å²) >= 11 is 0. The van der Waals surface area contributed by atoms with Crippen molar-refractivity contribution in [2.75, 3.05) is 13.2 Å². The first-order valence-corrected chi connectivity index (χ1v) is 5.55. The van der Waals surface area contributed by atoms with Gasteiger partial charge < -0.3 is 10.0 Å². The molecule has 0 aromatic rings. The van der Waals surface area contributed by atoms with Crippen LogP contribution in [0.1, 0.15) is 39.5 Å². The lowest BCUT2D eigenvalue weighted by molar-refractivity contribution is -0.133. The summed E-state index contributed by atoms with van der Waals surface area (Å²) in [6.45, 7) is 5.21. The highest BCUT2D eigenvalue weighted by Crippen LogP contribution is 2.18. The fraction of sp³-hybridized carbons (Fsp3) is 0.909. The summed E-state index contributed by atoms with van der Waals surface area (Å²) in [4.78, 5) is 13.6. The van der Waals surface area contributed by atoms with E-state index in [4.69, 9.17) is 5.11 Å². The van der Waals surface area contributed by atoms with Crippen LogP contribution in [0.5, 0.6) is 0 Å². The van der Waals surface area contributed by atoms with E-state index in [9.17, 15) is 4.79 Å². The molecule has 3 nitrogen and oxygen atoms in total. The maximum Gasteiger partial charge on any atom is 0.222 e. The van der Waals surface area contributed by atoms with E-state index in [1.54, 1.807) is 0 Å². The van der Waals surface area contributed by atoms with Crippen molar-refractivity contribution in [2.45, 2.75) is 45.6 Å². The van der Waals surface area contributed by atoms with Crippen molar-refractivity contribution in [2.24, 2.45) is 5.92 Å². The van der Waals surface area contributed by atoms with Crippen molar-refractivity contribution in [1.29, 1.82) is 0 Å². The molecule has 1 aliphatic rings. The summed E-state index contributed by atoms with van der Waals surface area (Å²) in [5.74, 6) is 0.796. The number of carbonyl (C=O) groups is 1. The molecule has 82 valence electrons. The number of rotatable bonds is 4. The number of carbonyl (C=O) groups excluding carboxylic acids is 1. The van der Waals surface area contributed by atoms with Crippen LogP contribution < -0.4 is 0 Å². The highest BCUT2D eigenvalue weighted by molar-refractivity contribution is 5.76. The standard InChI is InChI=1S/C11H21NO2/c1-9(2)5-6-11(14)12-7-3-4-10(12)8-13/h9-10,13H,3-8H2,1-2H3/t10-/m0/s1. The van der Waals surface area contributed by atoms with Gasteiger partial charge in [-0.15, -0.1) is 0 Å². The Morgan fingerprint density at radius 3 is 2.86 bits per heavy atom. The van der Waals surface area contributed by atoms with Crippen LogP contribution in [0.25, 0.3) is 0 Å². The quantitative estimate of drug-likeness (QED) is 0.743. The van der Waals surface area contributed by atoms with Crippen molar-refractivity contribution < 1.29 is 9.90 Å². The molecule has 0 bridgehead atoms. The Bertz CT molecular complexity index is 192. The topological polar surface area (TPSA) is 40.5 Å². The molecule has 0 spiro atoms. The third-order valence-electron chi connectivity index (χ3n) is 2.84. The summed E-state index contributed by atoms with van der Waals surface area (Å²) in [5, 5.41) is 9.07. The van der Waals surface area contributed by atoms with Crippen LogP contribution in [0.15, 0.2) is 0 Å². The zero-order valence-electron chi connectivity index (χ0n) is 9.20. The lowest BCUT2D eigenvalue weighted by atomic mass is 10.1. The Balaban J connectivity index is 2.35. The molecule has 1 saturated heterocycles. The third-order valence-corrected chi connectivity index (χ3v) is 2.84. The smallest absolute Gasteiger partial charge is 0.222 e. The lowest BCUT2D eigenvalue weighted by Gasteiger charge is -2.23. The average Bonchev–Trinajstić information content (AvgIpc) is 2.61. The summed E-state index contributed by atoms with van der Waals surface area (Å²) in [6, 6.07) is 0.0923. The molecular weight excluding hydrogens is 178 g/mol. The van der Waals surface area contributed by atoms with E-state index in [1.807, 2.05) is 4.90 Å². The molecule has 0 saturated carbocycles. The van der Waals surface area contributed by atoms with E-state index in [1.165, 1.54) is 0 Å². The number of amides is 1. The van der Waals surface area contributed by atoms with Gasteiger partial charge in [0.25, 0.3) is 0 Å². The van der Waals surface area contributed by atoms with Gasteiger partial charge in [-0.3, -0.25) is 4.79 Å². The van der Waals surface area contributed by atoms with Crippen molar-refractivity contribution >= 4 is 5.91 Å². The second-order valence-electron chi connectivity index (χ2n) is 4.50. The Morgan fingerprint density at radius 1 is 1.57 bits per heavy atom. The summed E-state index contributed by atoms with van der Waals surface area (Å²) in [7, 11) is 0. The van der Waals surface area contributed by atoms with Crippen LogP contribution in [-0.2, 0) is 4.79 Å². The molecule has 1 amide bonds. The van der Waals surface area contributed by atoms with E-state index >= 15 is 0 Å². The maximum absolute atomic E-state index is 11.7. The summed E-state index contributed by atoms with van der Waals surface area (Å²) in [5.41, 5.74) is 0. The van der Waals surface area contributed by atoms with Gasteiger partial charge in [0.1, 0.15) is 0 Å². The molecule has 1 heterocycles. The molecule has 1 rings (SSSR count). The Hall–Kier alpha value is -0.570. The van der Waals surface area contributed by atoms with Crippen LogP contribution in [0, 0.1) is 5.92 Å². The number of hydrogen-bond donors (Lipinski definition) is 1. The molecule has 1 N–H and O–H groups in total. The van der Waals surface area contributed by atoms with Crippen LogP contribution in [0.4, 0.5) is 0 Å². The molecule has 1 aliphatic heterocycles. The van der Waals surface area contributed by atoms with Crippen molar-refractivity contribution in [3.63, 3.8) is 0 Å². The van der Waals surface area contributed by atoms with Gasteiger partial charge in [-0.05, 0) is 25.2 Å². The van der Waals surface area contributed by atoms with Crippen LogP contribution >= 0.6 is 0 Å². The Morgan fingerprint density at radius 2 is 2.29 bits per heavy atom. The molecule has 0 aromatic carbocycles. The van der Waals surface area contributed by atoms with E-state index in [0.717, 1.165) is 25.8 Å². The normalized spacial score (nSPS) is 22.0. The minimum atomic E-state index is 0.0923. The van der Waals surface area contributed by atoms with Crippen LogP contribution in [-0.4, -0.2) is 35.1 Å². The third kappa shape index (κ3) is 2.98. The molecule has 1 atom stereocenters. The molecular formula is C11H21NO2. The molecule has 0 aliphatic carbocycles. The Labute approximate surface area is 86.1 Å². The van der Waals surface area contributed by atoms with Crippen molar-refractivity contribution in [1.82, 2.24) is 4.90 Å². The lowest BCUT2D eigenvalue weighted by Crippen LogP contribution is -2.37. The number of nitrogens with zero attached hydrogens (tertiary/aromatic N) is 1. The van der Waals surface area contributed by atoms with Crippen molar-refractivity contribution in [3.8, 4) is 0 Å². The minimum absolute atomic E-state index is 0.0923. The summed E-state index contributed by atoms with van der Waals surface area (Å²) in [6.07, 6.45) is 3.59. The van der Waals surface area contributed by atoms with Crippen LogP contribution in [0.3, 0.4) is 0 Å². The summed E-state index contributed by atoms with van der Waals surface area (Å²) < 4.78 is 0. The fourth-order valence-electron chi connectivity index (χ4n) is 1.91. The average molecular weight is 199 g/mol. The second kappa shape index (κ2) is 5.35. The molecule has 0 aromatic heterocycles. The SMILES string of the molecule is CC(C)CCC(=O)N1CCC[C@H]1CO. The van der Waals surface area contributed by atoms with Gasteiger partial charge >= 0.3 is 0 Å². The maximum atomic E-state index is 11.7. The largest absolute Gasteiger partial charge is 0.394 e. The van der Waals surface area contributed by atoms with E-state index in [0.29, 0.717) is 12.3 Å². The zero-order chi connectivity index (χ0) is 10.6. The molecule has 1 fully saturated rings. The predicted octanol–water partition coefficient (Wildman–Crippen LogP) is 1.41. The number of likely N-dealkylation sites (tertiary alicyclic amines) is 1. The molecule has 0 unspecified atom stereocenters. The molecule has 14 heavy (non-hydrogen) atoms. The first-order chi connectivity index (χ1) is 6.65. The van der Waals surface area contributed by atoms with Gasteiger partial charge in [0.15, 0.2) is 0 Å². The van der Waals surface area contributed by atoms with Crippen molar-refractivity contribution in [3.05, 3.63) is 0 Å². The second-order valence-corrected chi connectivity index (χ2v) is 4.50. The molecule has 0 radical (unpaired) electrons. The van der Waals surface area contributed by atoms with Gasteiger partial charge in [0.2, 0.25) is 5.91 Å². The monoisotopic (exact) mass is 199 g/mol. The first-order valence-electron chi connectivity index (χ1n) is 5.55. The van der Waals surface area contributed by atoms with Gasteiger partial charge in [-0.2, -0.15) is 0 Å². The van der Waals surface area contributed by atoms with Gasteiger partial charge in [-0.25, -0.2) is 0 Å². The number of hydrogen-bond acceptors (Lipinski definition) is 2. The highest BCUT2D eigenvalue weighted by atomic mass is 16.3. The van der Waals surface area contributed by atoms with Gasteiger partial charge in [0, 0.05) is 13.0 Å². The number of aliphatic hydroxyl groups excluding tert-OH is 1. The molecule has 3 heteroatoms. The van der Waals surface area contributed by atoms with Gasteiger partial charge in [0.05, 0.1) is 12.6 Å². The first kappa shape index (κ1) is 11.5. The van der Waals surface area contributed by atoms with E-state index in [-0.39, 0.29) is 18.6 Å².